The molecule has 3 rings (SSSR count). The Labute approximate surface area is 185 Å². The maximum absolute atomic E-state index is 14.2. The summed E-state index contributed by atoms with van der Waals surface area (Å²) >= 11 is 0. The van der Waals surface area contributed by atoms with Gasteiger partial charge in [-0.1, -0.05) is 12.1 Å². The number of rotatable bonds is 7. The first kappa shape index (κ1) is 24.2. The summed E-state index contributed by atoms with van der Waals surface area (Å²) in [4.78, 5) is 16.2. The summed E-state index contributed by atoms with van der Waals surface area (Å²) in [5.74, 6) is -0.796. The molecule has 1 saturated heterocycles. The second kappa shape index (κ2) is 9.58. The van der Waals surface area contributed by atoms with Crippen LogP contribution < -0.4 is 4.90 Å². The quantitative estimate of drug-likeness (QED) is 0.482. The number of carbonyl (C=O) groups excluding carboxylic acids is 1. The second-order valence-electron chi connectivity index (χ2n) is 8.54. The molecule has 0 bridgehead atoms. The molecule has 1 aliphatic heterocycles. The van der Waals surface area contributed by atoms with E-state index in [0.717, 1.165) is 12.1 Å². The Kier molecular flexibility index (Phi) is 7.25. The molecule has 0 aromatic heterocycles. The molecule has 0 spiro atoms. The predicted molar refractivity (Wildman–Crippen MR) is 115 cm³/mol. The van der Waals surface area contributed by atoms with E-state index in [4.69, 9.17) is 0 Å². The normalized spacial score (nSPS) is 16.7. The molecule has 0 radical (unpaired) electrons. The van der Waals surface area contributed by atoms with Gasteiger partial charge in [-0.05, 0) is 61.7 Å². The van der Waals surface area contributed by atoms with Crippen LogP contribution in [0.5, 0.6) is 0 Å². The lowest BCUT2D eigenvalue weighted by Crippen LogP contribution is -2.43. The van der Waals surface area contributed by atoms with Gasteiger partial charge in [0.05, 0.1) is 16.7 Å². The van der Waals surface area contributed by atoms with Crippen molar-refractivity contribution in [2.45, 2.75) is 37.5 Å². The molecule has 0 aliphatic carbocycles. The van der Waals surface area contributed by atoms with Gasteiger partial charge in [0.2, 0.25) is 0 Å². The summed E-state index contributed by atoms with van der Waals surface area (Å²) in [6.07, 6.45) is -3.10. The summed E-state index contributed by atoms with van der Waals surface area (Å²) < 4.78 is 53.2. The van der Waals surface area contributed by atoms with Crippen LogP contribution >= 0.6 is 0 Å². The van der Waals surface area contributed by atoms with E-state index < -0.39 is 23.2 Å². The number of Topliss-reactive ketones (excluding diaryl/α,β-unsaturated/α-hetero) is 1. The van der Waals surface area contributed by atoms with E-state index in [-0.39, 0.29) is 23.3 Å². The smallest absolute Gasteiger partial charge is 0.385 e. The number of nitrogens with zero attached hydrogens (tertiary/aromatic N) is 2. The molecule has 1 aliphatic rings. The standard InChI is InChI=1S/C24H28F4N2O2/c1-29(2)19-8-9-20(21(25)16-19)22(31)7-4-12-30-13-10-23(32,11-14-30)17-5-3-6-18(15-17)24(26,27)28/h3,5-6,8-9,15-16,32H,4,7,10-14H2,1-2H3. The number of hydrogen-bond donors (Lipinski definition) is 1. The second-order valence-corrected chi connectivity index (χ2v) is 8.54. The topological polar surface area (TPSA) is 43.8 Å². The van der Waals surface area contributed by atoms with Gasteiger partial charge in [0.25, 0.3) is 0 Å². The maximum Gasteiger partial charge on any atom is 0.416 e. The molecule has 2 aromatic carbocycles. The molecule has 0 saturated carbocycles. The lowest BCUT2D eigenvalue weighted by Gasteiger charge is -2.38. The first-order chi connectivity index (χ1) is 15.0. The Morgan fingerprint density at radius 3 is 2.41 bits per heavy atom. The number of aliphatic hydroxyl groups is 1. The van der Waals surface area contributed by atoms with E-state index in [1.807, 2.05) is 0 Å². The van der Waals surface area contributed by atoms with Crippen molar-refractivity contribution in [3.63, 3.8) is 0 Å². The summed E-state index contributed by atoms with van der Waals surface area (Å²) in [5, 5.41) is 10.9. The highest BCUT2D eigenvalue weighted by Crippen LogP contribution is 2.36. The van der Waals surface area contributed by atoms with Gasteiger partial charge in [-0.15, -0.1) is 0 Å². The number of ketones is 1. The van der Waals surface area contributed by atoms with Crippen LogP contribution in [0.1, 0.15) is 47.2 Å². The lowest BCUT2D eigenvalue weighted by atomic mass is 9.83. The van der Waals surface area contributed by atoms with E-state index in [1.54, 1.807) is 25.1 Å². The van der Waals surface area contributed by atoms with Gasteiger partial charge in [-0.3, -0.25) is 4.79 Å². The monoisotopic (exact) mass is 452 g/mol. The zero-order valence-corrected chi connectivity index (χ0v) is 18.3. The minimum Gasteiger partial charge on any atom is -0.385 e. The predicted octanol–water partition coefficient (Wildman–Crippen LogP) is 4.86. The minimum absolute atomic E-state index is 0.0770. The fourth-order valence-electron chi connectivity index (χ4n) is 4.03. The van der Waals surface area contributed by atoms with Crippen molar-refractivity contribution in [3.05, 3.63) is 65.0 Å². The maximum atomic E-state index is 14.2. The average Bonchev–Trinajstić information content (AvgIpc) is 2.74. The molecule has 32 heavy (non-hydrogen) atoms. The average molecular weight is 452 g/mol. The van der Waals surface area contributed by atoms with Crippen molar-refractivity contribution in [2.24, 2.45) is 0 Å². The summed E-state index contributed by atoms with van der Waals surface area (Å²) in [6, 6.07) is 9.41. The molecule has 1 fully saturated rings. The van der Waals surface area contributed by atoms with Gasteiger partial charge >= 0.3 is 6.18 Å². The number of anilines is 1. The van der Waals surface area contributed by atoms with Crippen LogP contribution in [0.25, 0.3) is 0 Å². The molecule has 4 nitrogen and oxygen atoms in total. The third-order valence-corrected chi connectivity index (χ3v) is 6.06. The molecule has 0 unspecified atom stereocenters. The van der Waals surface area contributed by atoms with Crippen molar-refractivity contribution >= 4 is 11.5 Å². The highest BCUT2D eigenvalue weighted by Gasteiger charge is 2.37. The largest absolute Gasteiger partial charge is 0.416 e. The minimum atomic E-state index is -4.45. The third-order valence-electron chi connectivity index (χ3n) is 6.06. The van der Waals surface area contributed by atoms with Crippen LogP contribution in [0.2, 0.25) is 0 Å². The van der Waals surface area contributed by atoms with Crippen molar-refractivity contribution < 1.29 is 27.5 Å². The zero-order chi connectivity index (χ0) is 23.5. The number of halogens is 4. The number of hydrogen-bond acceptors (Lipinski definition) is 4. The van der Waals surface area contributed by atoms with Crippen LogP contribution in [0, 0.1) is 5.82 Å². The number of benzene rings is 2. The van der Waals surface area contributed by atoms with Gasteiger partial charge in [0, 0.05) is 39.3 Å². The molecule has 1 N–H and O–H groups in total. The first-order valence-corrected chi connectivity index (χ1v) is 10.6. The Bertz CT molecular complexity index is 951. The van der Waals surface area contributed by atoms with Gasteiger partial charge in [-0.25, -0.2) is 4.39 Å². The fourth-order valence-corrected chi connectivity index (χ4v) is 4.03. The van der Waals surface area contributed by atoms with Crippen LogP contribution in [0.15, 0.2) is 42.5 Å². The Morgan fingerprint density at radius 2 is 1.81 bits per heavy atom. The Morgan fingerprint density at radius 1 is 1.12 bits per heavy atom. The van der Waals surface area contributed by atoms with Crippen LogP contribution in [0.4, 0.5) is 23.2 Å². The molecule has 174 valence electrons. The molecule has 2 aromatic rings. The zero-order valence-electron chi connectivity index (χ0n) is 18.3. The number of piperidine rings is 1. The van der Waals surface area contributed by atoms with Gasteiger partial charge in [0.15, 0.2) is 5.78 Å². The van der Waals surface area contributed by atoms with E-state index in [1.165, 1.54) is 24.3 Å². The number of carbonyl (C=O) groups is 1. The molecule has 0 amide bonds. The highest BCUT2D eigenvalue weighted by atomic mass is 19.4. The molecule has 1 heterocycles. The van der Waals surface area contributed by atoms with Gasteiger partial charge in [0.1, 0.15) is 5.82 Å². The van der Waals surface area contributed by atoms with Crippen molar-refractivity contribution in [1.82, 2.24) is 4.90 Å². The summed E-state index contributed by atoms with van der Waals surface area (Å²) in [5.41, 5.74) is -1.03. The SMILES string of the molecule is CN(C)c1ccc(C(=O)CCCN2CCC(O)(c3cccc(C(F)(F)F)c3)CC2)c(F)c1. The van der Waals surface area contributed by atoms with Crippen LogP contribution in [0.3, 0.4) is 0 Å². The first-order valence-electron chi connectivity index (χ1n) is 10.6. The molecule has 0 atom stereocenters. The van der Waals surface area contributed by atoms with E-state index in [9.17, 15) is 27.5 Å². The van der Waals surface area contributed by atoms with Gasteiger partial charge in [-0.2, -0.15) is 13.2 Å². The fraction of sp³-hybridized carbons (Fsp3) is 0.458. The van der Waals surface area contributed by atoms with Crippen molar-refractivity contribution in [1.29, 1.82) is 0 Å². The van der Waals surface area contributed by atoms with Crippen LogP contribution in [-0.2, 0) is 11.8 Å². The van der Waals surface area contributed by atoms with E-state index >= 15 is 0 Å². The third kappa shape index (κ3) is 5.66. The highest BCUT2D eigenvalue weighted by molar-refractivity contribution is 5.96. The number of alkyl halides is 3. The molecule has 8 heteroatoms. The molecular formula is C24H28F4N2O2. The van der Waals surface area contributed by atoms with Crippen molar-refractivity contribution in [2.75, 3.05) is 38.6 Å². The Balaban J connectivity index is 1.51. The lowest BCUT2D eigenvalue weighted by molar-refractivity contribution is -0.137. The van der Waals surface area contributed by atoms with E-state index in [2.05, 4.69) is 4.90 Å². The van der Waals surface area contributed by atoms with Crippen molar-refractivity contribution in [3.8, 4) is 0 Å². The van der Waals surface area contributed by atoms with Gasteiger partial charge < -0.3 is 14.9 Å². The van der Waals surface area contributed by atoms with E-state index in [0.29, 0.717) is 44.6 Å². The number of likely N-dealkylation sites (tertiary alicyclic amines) is 1. The summed E-state index contributed by atoms with van der Waals surface area (Å²) in [6.45, 7) is 1.61. The summed E-state index contributed by atoms with van der Waals surface area (Å²) in [7, 11) is 3.59. The Hall–Kier alpha value is -2.45. The van der Waals surface area contributed by atoms with Crippen LogP contribution in [-0.4, -0.2) is 49.5 Å². The molecular weight excluding hydrogens is 424 g/mol.